The minimum absolute atomic E-state index is 0.174. The average molecular weight is 525 g/mol. The summed E-state index contributed by atoms with van der Waals surface area (Å²) in [6.07, 6.45) is 2.51. The summed E-state index contributed by atoms with van der Waals surface area (Å²) in [4.78, 5) is 6.18. The van der Waals surface area contributed by atoms with Gasteiger partial charge in [-0.1, -0.05) is 88.0 Å². The summed E-state index contributed by atoms with van der Waals surface area (Å²) in [5.74, 6) is 0. The molecule has 0 saturated heterocycles. The average Bonchev–Trinajstić information content (AvgIpc) is 3.51. The molecule has 2 aliphatic rings. The molecule has 6 rings (SSSR count). The normalized spacial score (nSPS) is 17.2. The van der Waals surface area contributed by atoms with E-state index in [9.17, 15) is 0 Å². The molecule has 0 saturated carbocycles. The highest BCUT2D eigenvalue weighted by molar-refractivity contribution is 7.16. The minimum Gasteiger partial charge on any atom is -0.145 e. The highest BCUT2D eigenvalue weighted by atomic mass is 32.1. The third-order valence-electron chi connectivity index (χ3n) is 8.41. The predicted molar refractivity (Wildman–Crippen MR) is 163 cm³/mol. The highest BCUT2D eigenvalue weighted by Gasteiger charge is 2.50. The van der Waals surface area contributed by atoms with Crippen LogP contribution in [0.2, 0.25) is 13.1 Å². The Balaban J connectivity index is 1.45. The third kappa shape index (κ3) is 3.58. The predicted octanol–water partition coefficient (Wildman–Crippen LogP) is 10.5. The number of hydrogen-bond donors (Lipinski definition) is 0. The van der Waals surface area contributed by atoms with Crippen LogP contribution < -0.4 is 0 Å². The lowest BCUT2D eigenvalue weighted by Gasteiger charge is -2.37. The maximum absolute atomic E-state index is 2.66. The van der Waals surface area contributed by atoms with Gasteiger partial charge in [-0.15, -0.1) is 22.7 Å². The molecular formula is C33H36S2Si. The number of thiophene rings is 2. The first-order valence-corrected chi connectivity index (χ1v) is 17.9. The van der Waals surface area contributed by atoms with Crippen LogP contribution in [0.3, 0.4) is 0 Å². The lowest BCUT2D eigenvalue weighted by atomic mass is 9.86. The van der Waals surface area contributed by atoms with Crippen LogP contribution in [0.1, 0.15) is 75.0 Å². The molecule has 4 aromatic rings. The summed E-state index contributed by atoms with van der Waals surface area (Å²) in [6.45, 7) is 19.1. The van der Waals surface area contributed by atoms with Gasteiger partial charge in [0.05, 0.1) is 8.07 Å². The molecule has 36 heavy (non-hydrogen) atoms. The zero-order valence-electron chi connectivity index (χ0n) is 22.7. The van der Waals surface area contributed by atoms with E-state index in [1.807, 2.05) is 22.7 Å². The van der Waals surface area contributed by atoms with Gasteiger partial charge in [0.1, 0.15) is 0 Å². The summed E-state index contributed by atoms with van der Waals surface area (Å²) in [5.41, 5.74) is 13.0. The molecule has 0 fully saturated rings. The molecule has 0 N–H and O–H groups in total. The number of hydrogen-bond acceptors (Lipinski definition) is 2. The second-order valence-electron chi connectivity index (χ2n) is 12.5. The summed E-state index contributed by atoms with van der Waals surface area (Å²) in [5, 5.41) is 0. The van der Waals surface area contributed by atoms with Gasteiger partial charge in [-0.3, -0.25) is 0 Å². The smallest absolute Gasteiger partial charge is 0.0747 e. The molecule has 2 aromatic heterocycles. The first-order valence-electron chi connectivity index (χ1n) is 13.1. The van der Waals surface area contributed by atoms with Gasteiger partial charge >= 0.3 is 0 Å². The molecule has 0 radical (unpaired) electrons. The second kappa shape index (κ2) is 8.15. The Labute approximate surface area is 225 Å². The van der Waals surface area contributed by atoms with Gasteiger partial charge in [-0.2, -0.15) is 0 Å². The van der Waals surface area contributed by atoms with E-state index in [1.165, 1.54) is 43.1 Å². The van der Waals surface area contributed by atoms with Crippen molar-refractivity contribution in [2.75, 3.05) is 0 Å². The lowest BCUT2D eigenvalue weighted by Crippen LogP contribution is -2.41. The van der Waals surface area contributed by atoms with Crippen molar-refractivity contribution in [3.8, 4) is 22.3 Å². The maximum Gasteiger partial charge on any atom is 0.0747 e. The summed E-state index contributed by atoms with van der Waals surface area (Å²) < 4.78 is 0. The van der Waals surface area contributed by atoms with Crippen LogP contribution in [-0.2, 0) is 5.41 Å². The van der Waals surface area contributed by atoms with Crippen molar-refractivity contribution in [3.63, 3.8) is 0 Å². The third-order valence-corrected chi connectivity index (χ3v) is 15.4. The first-order chi connectivity index (χ1) is 17.0. The molecule has 3 heteroatoms. The molecule has 2 heterocycles. The van der Waals surface area contributed by atoms with Crippen LogP contribution in [0.25, 0.3) is 28.3 Å². The Morgan fingerprint density at radius 3 is 1.86 bits per heavy atom. The van der Waals surface area contributed by atoms with Crippen LogP contribution in [0.15, 0.2) is 60.2 Å². The highest BCUT2D eigenvalue weighted by Crippen LogP contribution is 2.59. The molecule has 1 unspecified atom stereocenters. The van der Waals surface area contributed by atoms with Gasteiger partial charge in [0.25, 0.3) is 0 Å². The van der Waals surface area contributed by atoms with Crippen LogP contribution in [0, 0.1) is 13.8 Å². The molecule has 0 aliphatic heterocycles. The number of aryl methyl sites for hydroxylation is 2. The van der Waals surface area contributed by atoms with Gasteiger partial charge in [0.2, 0.25) is 0 Å². The van der Waals surface area contributed by atoms with Crippen LogP contribution >= 0.6 is 22.7 Å². The largest absolute Gasteiger partial charge is 0.145 e. The maximum atomic E-state index is 2.66. The number of benzene rings is 2. The van der Waals surface area contributed by atoms with Gasteiger partial charge in [0.15, 0.2) is 0 Å². The zero-order valence-corrected chi connectivity index (χ0v) is 25.4. The van der Waals surface area contributed by atoms with Crippen molar-refractivity contribution < 1.29 is 0 Å². The minimum atomic E-state index is -1.83. The van der Waals surface area contributed by atoms with E-state index in [0.29, 0.717) is 11.1 Å². The van der Waals surface area contributed by atoms with E-state index in [2.05, 4.69) is 115 Å². The lowest BCUT2D eigenvalue weighted by molar-refractivity contribution is 0.590. The van der Waals surface area contributed by atoms with E-state index in [0.717, 1.165) is 0 Å². The Hall–Kier alpha value is -2.20. The van der Waals surface area contributed by atoms with Crippen molar-refractivity contribution in [3.05, 3.63) is 96.4 Å². The van der Waals surface area contributed by atoms with E-state index < -0.39 is 8.07 Å². The summed E-state index contributed by atoms with van der Waals surface area (Å²) in [6, 6.07) is 21.2. The quantitative estimate of drug-likeness (QED) is 0.234. The Morgan fingerprint density at radius 1 is 0.722 bits per heavy atom. The number of rotatable bonds is 3. The topological polar surface area (TPSA) is 0 Å². The van der Waals surface area contributed by atoms with Crippen molar-refractivity contribution in [2.24, 2.45) is 0 Å². The van der Waals surface area contributed by atoms with Gasteiger partial charge in [-0.05, 0) is 77.3 Å². The van der Waals surface area contributed by atoms with Crippen LogP contribution in [-0.4, -0.2) is 8.07 Å². The van der Waals surface area contributed by atoms with Gasteiger partial charge in [-0.25, -0.2) is 0 Å². The van der Waals surface area contributed by atoms with Crippen molar-refractivity contribution in [2.45, 2.75) is 71.1 Å². The monoisotopic (exact) mass is 524 g/mol. The van der Waals surface area contributed by atoms with E-state index in [1.54, 1.807) is 20.9 Å². The van der Waals surface area contributed by atoms with E-state index >= 15 is 0 Å². The molecule has 1 atom stereocenters. The fourth-order valence-corrected chi connectivity index (χ4v) is 15.5. The molecule has 0 nitrogen and oxygen atoms in total. The molecule has 2 aromatic carbocycles. The van der Waals surface area contributed by atoms with Crippen LogP contribution in [0.4, 0.5) is 0 Å². The molecular weight excluding hydrogens is 489 g/mol. The standard InChI is InChI=1S/C33H36S2Si/c1-19-16-26-24(22-12-14-23(15-13-22)33(4,5)6)10-9-11-25(26)31(19)36(7,8)32-29-27(17-20(2)34-29)28-18-21(3)35-30(28)32/h9-18,31-32H,1-8H3. The number of fused-ring (bicyclic) bond motifs is 4. The van der Waals surface area contributed by atoms with Crippen molar-refractivity contribution in [1.29, 1.82) is 0 Å². The fourth-order valence-electron chi connectivity index (χ4n) is 6.82. The molecule has 0 bridgehead atoms. The Kier molecular flexibility index (Phi) is 5.47. The molecule has 184 valence electrons. The van der Waals surface area contributed by atoms with Gasteiger partial charge < -0.3 is 0 Å². The Morgan fingerprint density at radius 2 is 1.31 bits per heavy atom. The van der Waals surface area contributed by atoms with Crippen molar-refractivity contribution in [1.82, 2.24) is 0 Å². The first kappa shape index (κ1) is 24.2. The summed E-state index contributed by atoms with van der Waals surface area (Å²) in [7, 11) is -1.83. The second-order valence-corrected chi connectivity index (χ2v) is 19.9. The van der Waals surface area contributed by atoms with Gasteiger partial charge in [0, 0.05) is 30.6 Å². The zero-order chi connectivity index (χ0) is 25.6. The number of allylic oxidation sites excluding steroid dienone is 1. The molecule has 0 spiro atoms. The molecule has 2 aliphatic carbocycles. The van der Waals surface area contributed by atoms with Crippen LogP contribution in [0.5, 0.6) is 0 Å². The Bertz CT molecular complexity index is 1470. The SMILES string of the molecule is CC1=Cc2c(-c3ccc(C(C)(C)C)cc3)cccc2C1[Si](C)(C)C1c2sc(C)cc2-c2cc(C)sc21. The fraction of sp³-hybridized carbons (Fsp3) is 0.333. The van der Waals surface area contributed by atoms with E-state index in [4.69, 9.17) is 0 Å². The van der Waals surface area contributed by atoms with Crippen molar-refractivity contribution >= 4 is 36.8 Å². The molecule has 0 amide bonds. The van der Waals surface area contributed by atoms with E-state index in [-0.39, 0.29) is 5.41 Å². The summed E-state index contributed by atoms with van der Waals surface area (Å²) >= 11 is 4.09.